The van der Waals surface area contributed by atoms with Gasteiger partial charge >= 0.3 is 0 Å². The maximum Gasteiger partial charge on any atom is 0.291 e. The van der Waals surface area contributed by atoms with Crippen LogP contribution in [-0.4, -0.2) is 18.6 Å². The predicted octanol–water partition coefficient (Wildman–Crippen LogP) is 1.99. The van der Waals surface area contributed by atoms with Gasteiger partial charge in [-0.05, 0) is 40.5 Å². The Hall–Kier alpha value is -1.19. The number of nitrogens with two attached hydrogens (primary N) is 1. The summed E-state index contributed by atoms with van der Waals surface area (Å²) in [6.45, 7) is 1.87. The Kier molecular flexibility index (Phi) is 3.55. The molecule has 0 radical (unpaired) electrons. The van der Waals surface area contributed by atoms with Gasteiger partial charge in [0.2, 0.25) is 5.13 Å². The smallest absolute Gasteiger partial charge is 0.291 e. The van der Waals surface area contributed by atoms with Crippen LogP contribution in [0.1, 0.15) is 5.56 Å². The fourth-order valence-corrected chi connectivity index (χ4v) is 3.57. The molecular weight excluding hydrogens is 340 g/mol. The van der Waals surface area contributed by atoms with E-state index >= 15 is 0 Å². The molecule has 0 aliphatic carbocycles. The molecule has 0 fully saturated rings. The molecule has 2 aromatic rings. The Morgan fingerprint density at radius 1 is 1.39 bits per heavy atom. The third-order valence-electron chi connectivity index (χ3n) is 2.02. The second-order valence-corrected chi connectivity index (χ2v) is 7.21. The molecule has 0 unspecified atom stereocenters. The fourth-order valence-electron chi connectivity index (χ4n) is 1.23. The molecule has 0 amide bonds. The predicted molar refractivity (Wildman–Crippen MR) is 74.0 cm³/mol. The van der Waals surface area contributed by atoms with Gasteiger partial charge in [-0.3, -0.25) is 4.72 Å². The zero-order valence-electron chi connectivity index (χ0n) is 9.21. The molecule has 1 heterocycles. The van der Waals surface area contributed by atoms with Crippen LogP contribution < -0.4 is 10.5 Å². The average Bonchev–Trinajstić information content (AvgIpc) is 2.71. The Balaban J connectivity index is 2.36. The minimum absolute atomic E-state index is 0.110. The summed E-state index contributed by atoms with van der Waals surface area (Å²) in [6.07, 6.45) is 0. The van der Waals surface area contributed by atoms with Crippen molar-refractivity contribution in [2.75, 3.05) is 10.5 Å². The van der Waals surface area contributed by atoms with Crippen molar-refractivity contribution in [2.45, 2.75) is 11.3 Å². The van der Waals surface area contributed by atoms with Gasteiger partial charge in [0.25, 0.3) is 14.4 Å². The quantitative estimate of drug-likeness (QED) is 0.883. The number of aromatic nitrogens is 2. The van der Waals surface area contributed by atoms with Gasteiger partial charge < -0.3 is 5.73 Å². The minimum atomic E-state index is -3.75. The van der Waals surface area contributed by atoms with E-state index in [4.69, 9.17) is 5.73 Å². The van der Waals surface area contributed by atoms with E-state index in [0.717, 1.165) is 16.9 Å². The third kappa shape index (κ3) is 2.79. The van der Waals surface area contributed by atoms with Crippen molar-refractivity contribution in [3.8, 4) is 0 Å². The Labute approximate surface area is 116 Å². The number of hydrogen-bond donors (Lipinski definition) is 2. The van der Waals surface area contributed by atoms with Crippen molar-refractivity contribution in [1.82, 2.24) is 10.2 Å². The highest BCUT2D eigenvalue weighted by Crippen LogP contribution is 2.27. The Bertz CT molecular complexity index is 684. The second kappa shape index (κ2) is 4.82. The summed E-state index contributed by atoms with van der Waals surface area (Å²) in [7, 11) is -3.75. The van der Waals surface area contributed by atoms with Gasteiger partial charge in [0, 0.05) is 4.47 Å². The zero-order chi connectivity index (χ0) is 13.3. The highest BCUT2D eigenvalue weighted by atomic mass is 79.9. The van der Waals surface area contributed by atoms with Gasteiger partial charge in [-0.1, -0.05) is 17.4 Å². The number of nitrogen functional groups attached to an aromatic ring is 1. The molecule has 0 saturated heterocycles. The summed E-state index contributed by atoms with van der Waals surface area (Å²) < 4.78 is 26.9. The van der Waals surface area contributed by atoms with E-state index in [0.29, 0.717) is 10.2 Å². The SMILES string of the molecule is Cc1ccc(Br)c(NS(=O)(=O)c2nnc(N)s2)c1. The van der Waals surface area contributed by atoms with Gasteiger partial charge in [0.05, 0.1) is 5.69 Å². The monoisotopic (exact) mass is 348 g/mol. The maximum atomic E-state index is 12.0. The first-order chi connectivity index (χ1) is 8.38. The van der Waals surface area contributed by atoms with E-state index in [1.165, 1.54) is 0 Å². The summed E-state index contributed by atoms with van der Waals surface area (Å²) >= 11 is 4.09. The molecule has 1 aromatic heterocycles. The summed E-state index contributed by atoms with van der Waals surface area (Å²) in [5, 5.41) is 7.10. The van der Waals surface area contributed by atoms with Crippen molar-refractivity contribution in [1.29, 1.82) is 0 Å². The first kappa shape index (κ1) is 13.2. The van der Waals surface area contributed by atoms with Gasteiger partial charge in [-0.25, -0.2) is 0 Å². The molecule has 0 atom stereocenters. The van der Waals surface area contributed by atoms with Gasteiger partial charge in [-0.2, -0.15) is 8.42 Å². The lowest BCUT2D eigenvalue weighted by Crippen LogP contribution is -2.13. The molecule has 1 aromatic carbocycles. The number of sulfonamides is 1. The Morgan fingerprint density at radius 3 is 2.72 bits per heavy atom. The van der Waals surface area contributed by atoms with Gasteiger partial charge in [0.15, 0.2) is 0 Å². The molecule has 0 spiro atoms. The van der Waals surface area contributed by atoms with E-state index in [9.17, 15) is 8.42 Å². The van der Waals surface area contributed by atoms with Crippen molar-refractivity contribution >= 4 is 48.1 Å². The molecule has 0 saturated carbocycles. The number of hydrogen-bond acceptors (Lipinski definition) is 6. The lowest BCUT2D eigenvalue weighted by molar-refractivity contribution is 0.599. The highest BCUT2D eigenvalue weighted by Gasteiger charge is 2.20. The van der Waals surface area contributed by atoms with Crippen LogP contribution in [0.2, 0.25) is 0 Å². The molecule has 0 aliphatic rings. The molecular formula is C9H9BrN4O2S2. The first-order valence-electron chi connectivity index (χ1n) is 4.76. The molecule has 3 N–H and O–H groups in total. The van der Waals surface area contributed by atoms with E-state index in [2.05, 4.69) is 30.8 Å². The Morgan fingerprint density at radius 2 is 2.11 bits per heavy atom. The standard InChI is InChI=1S/C9H9BrN4O2S2/c1-5-2-3-6(10)7(4-5)14-18(15,16)9-13-12-8(11)17-9/h2-4,14H,1H3,(H2,11,12). The number of rotatable bonds is 3. The van der Waals surface area contributed by atoms with Crippen molar-refractivity contribution < 1.29 is 8.42 Å². The lowest BCUT2D eigenvalue weighted by Gasteiger charge is -2.08. The van der Waals surface area contributed by atoms with E-state index in [-0.39, 0.29) is 9.47 Å². The number of halogens is 1. The molecule has 96 valence electrons. The molecule has 2 rings (SSSR count). The number of aryl methyl sites for hydroxylation is 1. The molecule has 6 nitrogen and oxygen atoms in total. The molecule has 0 aliphatic heterocycles. The zero-order valence-corrected chi connectivity index (χ0v) is 12.4. The normalized spacial score (nSPS) is 11.4. The van der Waals surface area contributed by atoms with Crippen LogP contribution in [-0.2, 0) is 10.0 Å². The van der Waals surface area contributed by atoms with Crippen molar-refractivity contribution in [3.05, 3.63) is 28.2 Å². The van der Waals surface area contributed by atoms with Crippen LogP contribution in [0.25, 0.3) is 0 Å². The molecule has 0 bridgehead atoms. The summed E-state index contributed by atoms with van der Waals surface area (Å²) in [4.78, 5) is 0. The summed E-state index contributed by atoms with van der Waals surface area (Å²) in [5.41, 5.74) is 6.75. The number of nitrogens with zero attached hydrogens (tertiary/aromatic N) is 2. The maximum absolute atomic E-state index is 12.0. The number of nitrogens with one attached hydrogen (secondary N) is 1. The first-order valence-corrected chi connectivity index (χ1v) is 7.86. The average molecular weight is 349 g/mol. The largest absolute Gasteiger partial charge is 0.374 e. The van der Waals surface area contributed by atoms with Gasteiger partial charge in [-0.15, -0.1) is 10.2 Å². The third-order valence-corrected chi connectivity index (χ3v) is 5.20. The van der Waals surface area contributed by atoms with Gasteiger partial charge in [0.1, 0.15) is 0 Å². The fraction of sp³-hybridized carbons (Fsp3) is 0.111. The van der Waals surface area contributed by atoms with Crippen LogP contribution in [0.15, 0.2) is 27.0 Å². The van der Waals surface area contributed by atoms with E-state index in [1.807, 2.05) is 13.0 Å². The highest BCUT2D eigenvalue weighted by molar-refractivity contribution is 9.10. The second-order valence-electron chi connectivity index (χ2n) is 3.50. The lowest BCUT2D eigenvalue weighted by atomic mass is 10.2. The topological polar surface area (TPSA) is 98.0 Å². The van der Waals surface area contributed by atoms with Crippen molar-refractivity contribution in [3.63, 3.8) is 0 Å². The molecule has 18 heavy (non-hydrogen) atoms. The van der Waals surface area contributed by atoms with Crippen LogP contribution in [0.4, 0.5) is 10.8 Å². The van der Waals surface area contributed by atoms with Crippen molar-refractivity contribution in [2.24, 2.45) is 0 Å². The number of anilines is 2. The molecule has 9 heteroatoms. The van der Waals surface area contributed by atoms with E-state index < -0.39 is 10.0 Å². The number of benzene rings is 1. The van der Waals surface area contributed by atoms with Crippen LogP contribution in [0, 0.1) is 6.92 Å². The van der Waals surface area contributed by atoms with E-state index in [1.54, 1.807) is 12.1 Å². The minimum Gasteiger partial charge on any atom is -0.374 e. The van der Waals surface area contributed by atoms with Crippen LogP contribution in [0.3, 0.4) is 0 Å². The van der Waals surface area contributed by atoms with Crippen LogP contribution in [0.5, 0.6) is 0 Å². The van der Waals surface area contributed by atoms with Crippen LogP contribution >= 0.6 is 27.3 Å². The summed E-state index contributed by atoms with van der Waals surface area (Å²) in [5.74, 6) is 0. The summed E-state index contributed by atoms with van der Waals surface area (Å²) in [6, 6.07) is 5.35.